The summed E-state index contributed by atoms with van der Waals surface area (Å²) in [5.41, 5.74) is 8.85. The van der Waals surface area contributed by atoms with E-state index in [4.69, 9.17) is 0 Å². The van der Waals surface area contributed by atoms with Gasteiger partial charge in [-0.2, -0.15) is 0 Å². The van der Waals surface area contributed by atoms with Crippen molar-refractivity contribution in [2.45, 2.75) is 24.7 Å². The van der Waals surface area contributed by atoms with E-state index >= 15 is 0 Å². The summed E-state index contributed by atoms with van der Waals surface area (Å²) in [6.45, 7) is 2.07. The lowest BCUT2D eigenvalue weighted by Crippen LogP contribution is -2.33. The van der Waals surface area contributed by atoms with Crippen molar-refractivity contribution in [2.75, 3.05) is 23.7 Å². The predicted molar refractivity (Wildman–Crippen MR) is 109 cm³/mol. The first-order valence-corrected chi connectivity index (χ1v) is 9.61. The molecule has 2 atom stereocenters. The van der Waals surface area contributed by atoms with Crippen molar-refractivity contribution in [3.05, 3.63) is 95.1 Å². The lowest BCUT2D eigenvalue weighted by Gasteiger charge is -2.41. The smallest absolute Gasteiger partial charge is 0.0340 e. The van der Waals surface area contributed by atoms with Crippen LogP contribution in [0, 0.1) is 0 Å². The average molecular weight is 340 g/mol. The van der Waals surface area contributed by atoms with Gasteiger partial charge >= 0.3 is 0 Å². The van der Waals surface area contributed by atoms with Gasteiger partial charge in [0.1, 0.15) is 0 Å². The SMILES string of the molecule is c1ccc(NCC2Cc3c2ccc2c3C(CNc3ccccc3)C2)cc1. The molecule has 5 rings (SSSR count). The topological polar surface area (TPSA) is 24.1 Å². The first kappa shape index (κ1) is 15.5. The van der Waals surface area contributed by atoms with Crippen molar-refractivity contribution in [1.29, 1.82) is 0 Å². The lowest BCUT2D eigenvalue weighted by atomic mass is 9.65. The molecule has 2 aliphatic carbocycles. The van der Waals surface area contributed by atoms with Gasteiger partial charge in [0.2, 0.25) is 0 Å². The summed E-state index contributed by atoms with van der Waals surface area (Å²) >= 11 is 0. The number of fused-ring (bicyclic) bond motifs is 3. The van der Waals surface area contributed by atoms with E-state index in [2.05, 4.69) is 83.4 Å². The number of nitrogens with one attached hydrogen (secondary N) is 2. The molecule has 0 saturated carbocycles. The minimum atomic E-state index is 0.652. The maximum atomic E-state index is 3.60. The molecule has 0 saturated heterocycles. The van der Waals surface area contributed by atoms with Crippen LogP contribution in [0.4, 0.5) is 11.4 Å². The summed E-state index contributed by atoms with van der Waals surface area (Å²) in [6.07, 6.45) is 2.44. The summed E-state index contributed by atoms with van der Waals surface area (Å²) in [4.78, 5) is 0. The van der Waals surface area contributed by atoms with Crippen LogP contribution in [0.15, 0.2) is 72.8 Å². The largest absolute Gasteiger partial charge is 0.384 e. The van der Waals surface area contributed by atoms with Crippen LogP contribution in [0.5, 0.6) is 0 Å². The van der Waals surface area contributed by atoms with Crippen LogP contribution in [0.2, 0.25) is 0 Å². The Kier molecular flexibility index (Phi) is 3.89. The second-order valence-corrected chi connectivity index (χ2v) is 7.50. The fraction of sp³-hybridized carbons (Fsp3) is 0.250. The Morgan fingerprint density at radius 3 is 1.92 bits per heavy atom. The van der Waals surface area contributed by atoms with Gasteiger partial charge in [0.15, 0.2) is 0 Å². The second-order valence-electron chi connectivity index (χ2n) is 7.50. The Morgan fingerprint density at radius 2 is 1.27 bits per heavy atom. The fourth-order valence-corrected chi connectivity index (χ4v) is 4.44. The maximum Gasteiger partial charge on any atom is 0.0340 e. The van der Waals surface area contributed by atoms with Crippen LogP contribution in [0.3, 0.4) is 0 Å². The summed E-state index contributed by atoms with van der Waals surface area (Å²) < 4.78 is 0. The molecule has 2 unspecified atom stereocenters. The minimum absolute atomic E-state index is 0.652. The average Bonchev–Trinajstić information content (AvgIpc) is 2.66. The molecular weight excluding hydrogens is 316 g/mol. The zero-order valence-electron chi connectivity index (χ0n) is 14.9. The summed E-state index contributed by atoms with van der Waals surface area (Å²) in [7, 11) is 0. The Balaban J connectivity index is 1.24. The molecule has 3 aromatic rings. The first-order valence-electron chi connectivity index (χ1n) is 9.61. The molecule has 2 N–H and O–H groups in total. The second kappa shape index (κ2) is 6.53. The Labute approximate surface area is 155 Å². The molecule has 0 spiro atoms. The number of benzene rings is 3. The maximum absolute atomic E-state index is 3.60. The highest BCUT2D eigenvalue weighted by Crippen LogP contribution is 2.47. The quantitative estimate of drug-likeness (QED) is 0.645. The van der Waals surface area contributed by atoms with Gasteiger partial charge in [-0.15, -0.1) is 0 Å². The van der Waals surface area contributed by atoms with Gasteiger partial charge in [0.25, 0.3) is 0 Å². The normalized spacial score (nSPS) is 19.5. The van der Waals surface area contributed by atoms with Crippen molar-refractivity contribution >= 4 is 11.4 Å². The lowest BCUT2D eigenvalue weighted by molar-refractivity contribution is 0.566. The van der Waals surface area contributed by atoms with Crippen LogP contribution in [-0.2, 0) is 12.8 Å². The molecule has 0 bridgehead atoms. The van der Waals surface area contributed by atoms with Crippen molar-refractivity contribution in [2.24, 2.45) is 0 Å². The summed E-state index contributed by atoms with van der Waals surface area (Å²) in [6, 6.07) is 25.8. The van der Waals surface area contributed by atoms with Crippen molar-refractivity contribution in [3.8, 4) is 0 Å². The number of anilines is 2. The highest BCUT2D eigenvalue weighted by Gasteiger charge is 2.36. The number of hydrogen-bond acceptors (Lipinski definition) is 2. The molecule has 130 valence electrons. The predicted octanol–water partition coefficient (Wildman–Crippen LogP) is 5.19. The first-order chi connectivity index (χ1) is 12.9. The van der Waals surface area contributed by atoms with E-state index in [1.54, 1.807) is 22.3 Å². The van der Waals surface area contributed by atoms with Crippen LogP contribution >= 0.6 is 0 Å². The van der Waals surface area contributed by atoms with Crippen molar-refractivity contribution in [3.63, 3.8) is 0 Å². The number of rotatable bonds is 6. The van der Waals surface area contributed by atoms with Gasteiger partial charge in [0.05, 0.1) is 0 Å². The molecule has 3 aromatic carbocycles. The van der Waals surface area contributed by atoms with Gasteiger partial charge in [-0.1, -0.05) is 48.5 Å². The van der Waals surface area contributed by atoms with Crippen molar-refractivity contribution < 1.29 is 0 Å². The monoisotopic (exact) mass is 340 g/mol. The van der Waals surface area contributed by atoms with Crippen LogP contribution in [0.1, 0.15) is 34.1 Å². The standard InChI is InChI=1S/C24H24N2/c1-3-7-20(8-4-1)25-15-18-14-23-22(18)12-11-17-13-19(24(17)23)16-26-21-9-5-2-6-10-21/h1-12,18-19,25-26H,13-16H2. The zero-order chi connectivity index (χ0) is 17.3. The molecule has 0 aromatic heterocycles. The molecule has 26 heavy (non-hydrogen) atoms. The van der Waals surface area contributed by atoms with Gasteiger partial charge in [0, 0.05) is 36.3 Å². The van der Waals surface area contributed by atoms with Crippen LogP contribution < -0.4 is 10.6 Å². The summed E-state index contributed by atoms with van der Waals surface area (Å²) in [5.74, 6) is 1.32. The van der Waals surface area contributed by atoms with Crippen molar-refractivity contribution in [1.82, 2.24) is 0 Å². The molecule has 0 heterocycles. The van der Waals surface area contributed by atoms with Gasteiger partial charge in [-0.05, 0) is 59.4 Å². The van der Waals surface area contributed by atoms with Gasteiger partial charge in [-0.3, -0.25) is 0 Å². The van der Waals surface area contributed by atoms with Crippen LogP contribution in [0.25, 0.3) is 0 Å². The van der Waals surface area contributed by atoms with E-state index in [9.17, 15) is 0 Å². The minimum Gasteiger partial charge on any atom is -0.384 e. The Hall–Kier alpha value is -2.74. The highest BCUT2D eigenvalue weighted by atomic mass is 14.9. The molecule has 0 radical (unpaired) electrons. The number of hydrogen-bond donors (Lipinski definition) is 2. The summed E-state index contributed by atoms with van der Waals surface area (Å²) in [5, 5.41) is 7.19. The van der Waals surface area contributed by atoms with Gasteiger partial charge in [-0.25, -0.2) is 0 Å². The van der Waals surface area contributed by atoms with E-state index in [1.807, 2.05) is 0 Å². The Morgan fingerprint density at radius 1 is 0.654 bits per heavy atom. The molecule has 0 amide bonds. The van der Waals surface area contributed by atoms with E-state index in [0.717, 1.165) is 13.1 Å². The molecule has 2 heteroatoms. The molecule has 0 aliphatic heterocycles. The molecule has 2 nitrogen and oxygen atoms in total. The van der Waals surface area contributed by atoms with Gasteiger partial charge < -0.3 is 10.6 Å². The van der Waals surface area contributed by atoms with E-state index in [-0.39, 0.29) is 0 Å². The van der Waals surface area contributed by atoms with E-state index < -0.39 is 0 Å². The number of para-hydroxylation sites is 2. The van der Waals surface area contributed by atoms with E-state index in [1.165, 1.54) is 24.2 Å². The highest BCUT2D eigenvalue weighted by molar-refractivity contribution is 5.57. The third-order valence-electron chi connectivity index (χ3n) is 5.90. The molecular formula is C24H24N2. The Bertz CT molecular complexity index is 902. The zero-order valence-corrected chi connectivity index (χ0v) is 14.9. The third kappa shape index (κ3) is 2.76. The van der Waals surface area contributed by atoms with E-state index in [0.29, 0.717) is 11.8 Å². The van der Waals surface area contributed by atoms with Crippen LogP contribution in [-0.4, -0.2) is 13.1 Å². The molecule has 2 aliphatic rings. The molecule has 0 fully saturated rings. The fourth-order valence-electron chi connectivity index (χ4n) is 4.44. The third-order valence-corrected chi connectivity index (χ3v) is 5.90.